The Morgan fingerprint density at radius 1 is 0.833 bits per heavy atom. The molecule has 2 aliphatic carbocycles. The van der Waals surface area contributed by atoms with Gasteiger partial charge in [0.1, 0.15) is 17.3 Å². The Hall–Kier alpha value is -2.88. The monoisotopic (exact) mass is 596 g/mol. The predicted octanol–water partition coefficient (Wildman–Crippen LogP) is 6.54. The first-order valence-electron chi connectivity index (χ1n) is 14.2. The molecule has 1 saturated carbocycles. The first-order valence-corrected chi connectivity index (χ1v) is 14.2. The Morgan fingerprint density at radius 3 is 1.81 bits per heavy atom. The van der Waals surface area contributed by atoms with Gasteiger partial charge >= 0.3 is 24.1 Å². The highest BCUT2D eigenvalue weighted by molar-refractivity contribution is 6.00. The number of fused-ring (bicyclic) bond motifs is 1. The van der Waals surface area contributed by atoms with Crippen LogP contribution in [0.15, 0.2) is 42.5 Å². The molecule has 1 aromatic carbocycles. The van der Waals surface area contributed by atoms with Gasteiger partial charge in [-0.25, -0.2) is 4.79 Å². The summed E-state index contributed by atoms with van der Waals surface area (Å²) in [5.74, 6) is -4.53. The van der Waals surface area contributed by atoms with Crippen molar-refractivity contribution in [2.75, 3.05) is 7.11 Å². The van der Waals surface area contributed by atoms with E-state index in [0.29, 0.717) is 0 Å². The maximum atomic E-state index is 14.7. The van der Waals surface area contributed by atoms with Gasteiger partial charge in [-0.05, 0) is 65.7 Å². The number of benzene rings is 1. The van der Waals surface area contributed by atoms with E-state index in [1.807, 2.05) is 26.0 Å². The van der Waals surface area contributed by atoms with Crippen LogP contribution in [0.2, 0.25) is 0 Å². The van der Waals surface area contributed by atoms with Gasteiger partial charge in [0.25, 0.3) is 5.60 Å². The lowest BCUT2D eigenvalue weighted by molar-refractivity contribution is -0.281. The Balaban J connectivity index is 2.18. The van der Waals surface area contributed by atoms with E-state index < -0.39 is 76.2 Å². The topological polar surface area (TPSA) is 88.1 Å². The summed E-state index contributed by atoms with van der Waals surface area (Å²) in [6.45, 7) is 13.8. The first kappa shape index (κ1) is 33.6. The predicted molar refractivity (Wildman–Crippen MR) is 149 cm³/mol. The molecule has 10 heteroatoms. The number of carbonyl (C=O) groups is 3. The van der Waals surface area contributed by atoms with Gasteiger partial charge in [-0.2, -0.15) is 13.2 Å². The Bertz CT molecular complexity index is 1150. The number of alkyl halides is 3. The molecule has 0 heterocycles. The summed E-state index contributed by atoms with van der Waals surface area (Å²) in [6, 6.07) is 6.53. The lowest BCUT2D eigenvalue weighted by atomic mass is 9.57. The molecule has 0 unspecified atom stereocenters. The van der Waals surface area contributed by atoms with Crippen molar-refractivity contribution in [2.24, 2.45) is 29.1 Å². The molecule has 1 fully saturated rings. The molecule has 0 amide bonds. The van der Waals surface area contributed by atoms with E-state index in [-0.39, 0.29) is 18.3 Å². The molecule has 0 bridgehead atoms. The van der Waals surface area contributed by atoms with Crippen molar-refractivity contribution < 1.29 is 46.5 Å². The number of allylic oxidation sites excluding steroid dienone is 2. The van der Waals surface area contributed by atoms with Crippen LogP contribution in [0.1, 0.15) is 73.8 Å². The van der Waals surface area contributed by atoms with E-state index in [9.17, 15) is 27.6 Å². The summed E-state index contributed by atoms with van der Waals surface area (Å²) in [5, 5.41) is 0. The highest BCUT2D eigenvalue weighted by Crippen LogP contribution is 2.53. The summed E-state index contributed by atoms with van der Waals surface area (Å²) in [4.78, 5) is 41.5. The summed E-state index contributed by atoms with van der Waals surface area (Å²) in [6.07, 6.45) is -3.06. The zero-order valence-corrected chi connectivity index (χ0v) is 25.8. The van der Waals surface area contributed by atoms with E-state index in [1.165, 1.54) is 18.2 Å². The molecule has 0 N–H and O–H groups in total. The lowest BCUT2D eigenvalue weighted by Crippen LogP contribution is -2.59. The number of hydrogen-bond donors (Lipinski definition) is 0. The standard InChI is InChI=1S/C32H43F3O7/c1-19-15-16-21-17-30(25(36)41-28(3,4)5,26(37)42-29(6,7)8)18-23(24(21)20(19)2)40-27(38)31(39-9,32(33,34)35)22-13-11-10-12-14-22/h10-16,19-21,23-24H,17-18H2,1-9H3/t19-,20-,21-,23+,24+,31-/m1/s1. The minimum absolute atomic E-state index is 0.00349. The van der Waals surface area contributed by atoms with E-state index in [2.05, 4.69) is 0 Å². The smallest absolute Gasteiger partial charge is 0.432 e. The van der Waals surface area contributed by atoms with Crippen LogP contribution < -0.4 is 0 Å². The van der Waals surface area contributed by atoms with Gasteiger partial charge in [0.2, 0.25) is 0 Å². The Morgan fingerprint density at radius 2 is 1.36 bits per heavy atom. The quantitative estimate of drug-likeness (QED) is 0.159. The fraction of sp³-hybridized carbons (Fsp3) is 0.656. The number of rotatable bonds is 6. The fourth-order valence-electron chi connectivity index (χ4n) is 6.04. The van der Waals surface area contributed by atoms with Crippen LogP contribution in [-0.2, 0) is 38.9 Å². The lowest BCUT2D eigenvalue weighted by Gasteiger charge is -2.50. The van der Waals surface area contributed by atoms with Gasteiger partial charge in [-0.15, -0.1) is 0 Å². The number of ether oxygens (including phenoxy) is 4. The van der Waals surface area contributed by atoms with Gasteiger partial charge < -0.3 is 18.9 Å². The Kier molecular flexibility index (Phi) is 9.33. The van der Waals surface area contributed by atoms with Crippen molar-refractivity contribution in [1.82, 2.24) is 0 Å². The average Bonchev–Trinajstić information content (AvgIpc) is 2.84. The molecular formula is C32H43F3O7. The SMILES string of the molecule is CO[C@@](C(=O)O[C@H]1CC(C(=O)OC(C)(C)C)(C(=O)OC(C)(C)C)C[C@H]2C=C[C@@H](C)[C@@H](C)[C@@H]21)(c1ccccc1)C(F)(F)F. The number of carbonyl (C=O) groups excluding carboxylic acids is 3. The van der Waals surface area contributed by atoms with Crippen LogP contribution >= 0.6 is 0 Å². The second kappa shape index (κ2) is 11.7. The van der Waals surface area contributed by atoms with Gasteiger partial charge in [-0.1, -0.05) is 56.3 Å². The first-order chi connectivity index (χ1) is 19.2. The van der Waals surface area contributed by atoms with Crippen LogP contribution in [0, 0.1) is 29.1 Å². The van der Waals surface area contributed by atoms with Crippen molar-refractivity contribution >= 4 is 17.9 Å². The summed E-state index contributed by atoms with van der Waals surface area (Å²) >= 11 is 0. The second-order valence-electron chi connectivity index (χ2n) is 13.5. The maximum absolute atomic E-state index is 14.7. The zero-order valence-electron chi connectivity index (χ0n) is 25.8. The van der Waals surface area contributed by atoms with Crippen molar-refractivity contribution in [3.05, 3.63) is 48.0 Å². The Labute approximate surface area is 246 Å². The zero-order chi connectivity index (χ0) is 31.9. The molecule has 234 valence electrons. The summed E-state index contributed by atoms with van der Waals surface area (Å²) < 4.78 is 66.4. The molecule has 0 aliphatic heterocycles. The van der Waals surface area contributed by atoms with Crippen molar-refractivity contribution in [3.8, 4) is 0 Å². The largest absolute Gasteiger partial charge is 0.459 e. The molecule has 1 aromatic rings. The molecule has 6 atom stereocenters. The van der Waals surface area contributed by atoms with Crippen LogP contribution in [0.5, 0.6) is 0 Å². The molecule has 7 nitrogen and oxygen atoms in total. The normalized spacial score (nSPS) is 27.3. The minimum Gasteiger partial charge on any atom is -0.459 e. The average molecular weight is 597 g/mol. The third-order valence-corrected chi connectivity index (χ3v) is 8.17. The van der Waals surface area contributed by atoms with Gasteiger partial charge in [0.15, 0.2) is 5.41 Å². The number of hydrogen-bond acceptors (Lipinski definition) is 7. The third kappa shape index (κ3) is 6.53. The molecule has 42 heavy (non-hydrogen) atoms. The summed E-state index contributed by atoms with van der Waals surface area (Å²) in [7, 11) is 0.797. The van der Waals surface area contributed by atoms with Crippen LogP contribution in [-0.4, -0.2) is 48.5 Å². The van der Waals surface area contributed by atoms with Crippen molar-refractivity contribution in [1.29, 1.82) is 0 Å². The third-order valence-electron chi connectivity index (χ3n) is 8.17. The molecule has 0 aromatic heterocycles. The molecular weight excluding hydrogens is 553 g/mol. The van der Waals surface area contributed by atoms with E-state index >= 15 is 0 Å². The highest BCUT2D eigenvalue weighted by atomic mass is 19.4. The van der Waals surface area contributed by atoms with Crippen molar-refractivity contribution in [3.63, 3.8) is 0 Å². The molecule has 3 rings (SSSR count). The van der Waals surface area contributed by atoms with E-state index in [1.54, 1.807) is 41.5 Å². The number of methoxy groups -OCH3 is 1. The van der Waals surface area contributed by atoms with Gasteiger partial charge in [0, 0.05) is 25.0 Å². The van der Waals surface area contributed by atoms with Gasteiger partial charge in [0.05, 0.1) is 0 Å². The number of halogens is 3. The minimum atomic E-state index is -5.19. The number of esters is 3. The van der Waals surface area contributed by atoms with Crippen LogP contribution in [0.25, 0.3) is 0 Å². The molecule has 0 radical (unpaired) electrons. The van der Waals surface area contributed by atoms with Crippen molar-refractivity contribution in [2.45, 2.75) is 97.3 Å². The van der Waals surface area contributed by atoms with Gasteiger partial charge in [-0.3, -0.25) is 9.59 Å². The van der Waals surface area contributed by atoms with Crippen LogP contribution in [0.4, 0.5) is 13.2 Å². The second-order valence-corrected chi connectivity index (χ2v) is 13.5. The van der Waals surface area contributed by atoms with Crippen LogP contribution in [0.3, 0.4) is 0 Å². The molecule has 0 spiro atoms. The van der Waals surface area contributed by atoms with E-state index in [4.69, 9.17) is 18.9 Å². The maximum Gasteiger partial charge on any atom is 0.432 e. The molecule has 2 aliphatic rings. The van der Waals surface area contributed by atoms with E-state index in [0.717, 1.165) is 19.2 Å². The molecule has 0 saturated heterocycles. The summed E-state index contributed by atoms with van der Waals surface area (Å²) in [5.41, 5.74) is -7.77. The highest BCUT2D eigenvalue weighted by Gasteiger charge is 2.66. The fourth-order valence-corrected chi connectivity index (χ4v) is 6.04.